The second-order valence-electron chi connectivity index (χ2n) is 6.17. The predicted molar refractivity (Wildman–Crippen MR) is 69.5 cm³/mol. The predicted octanol–water partition coefficient (Wildman–Crippen LogP) is 2.01. The first-order chi connectivity index (χ1) is 8.08. The molecular formula is C14H26N2O. The molecule has 1 saturated carbocycles. The van der Waals surface area contributed by atoms with Crippen LogP contribution in [0.3, 0.4) is 0 Å². The quantitative estimate of drug-likeness (QED) is 0.759. The van der Waals surface area contributed by atoms with Gasteiger partial charge in [-0.3, -0.25) is 4.79 Å². The van der Waals surface area contributed by atoms with Gasteiger partial charge in [-0.25, -0.2) is 0 Å². The van der Waals surface area contributed by atoms with Gasteiger partial charge in [0.1, 0.15) is 0 Å². The highest BCUT2D eigenvalue weighted by molar-refractivity contribution is 5.79. The summed E-state index contributed by atoms with van der Waals surface area (Å²) in [5, 5.41) is 0. The van der Waals surface area contributed by atoms with Gasteiger partial charge in [-0.15, -0.1) is 0 Å². The molecule has 1 amide bonds. The van der Waals surface area contributed by atoms with Gasteiger partial charge >= 0.3 is 0 Å². The van der Waals surface area contributed by atoms with E-state index in [2.05, 4.69) is 18.7 Å². The Balaban J connectivity index is 1.87. The van der Waals surface area contributed by atoms with Crippen LogP contribution in [-0.2, 0) is 4.79 Å². The smallest absolute Gasteiger partial charge is 0.225 e. The fraction of sp³-hybridized carbons (Fsp3) is 0.929. The minimum Gasteiger partial charge on any atom is -0.342 e. The Morgan fingerprint density at radius 1 is 1.12 bits per heavy atom. The van der Waals surface area contributed by atoms with E-state index < -0.39 is 0 Å². The molecule has 0 aromatic carbocycles. The Labute approximate surface area is 105 Å². The highest BCUT2D eigenvalue weighted by Crippen LogP contribution is 2.30. The van der Waals surface area contributed by atoms with Crippen molar-refractivity contribution >= 4 is 5.91 Å². The van der Waals surface area contributed by atoms with Gasteiger partial charge in [0.25, 0.3) is 0 Å². The topological polar surface area (TPSA) is 46.3 Å². The van der Waals surface area contributed by atoms with Crippen LogP contribution < -0.4 is 5.73 Å². The largest absolute Gasteiger partial charge is 0.342 e. The Morgan fingerprint density at radius 3 is 2.35 bits per heavy atom. The van der Waals surface area contributed by atoms with E-state index in [-0.39, 0.29) is 6.04 Å². The first-order valence-corrected chi connectivity index (χ1v) is 7.12. The molecule has 98 valence electrons. The zero-order valence-corrected chi connectivity index (χ0v) is 11.2. The third-order valence-electron chi connectivity index (χ3n) is 4.65. The molecule has 0 aromatic heterocycles. The third kappa shape index (κ3) is 3.01. The number of carbonyl (C=O) groups is 1. The molecule has 2 atom stereocenters. The highest BCUT2D eigenvalue weighted by atomic mass is 16.2. The average molecular weight is 238 g/mol. The van der Waals surface area contributed by atoms with Crippen molar-refractivity contribution in [3.8, 4) is 0 Å². The summed E-state index contributed by atoms with van der Waals surface area (Å²) >= 11 is 0. The van der Waals surface area contributed by atoms with E-state index in [1.54, 1.807) is 0 Å². The molecule has 2 fully saturated rings. The molecule has 3 heteroatoms. The van der Waals surface area contributed by atoms with Crippen molar-refractivity contribution in [2.45, 2.75) is 52.0 Å². The minimum atomic E-state index is 0.283. The molecule has 17 heavy (non-hydrogen) atoms. The van der Waals surface area contributed by atoms with Crippen molar-refractivity contribution in [1.29, 1.82) is 0 Å². The lowest BCUT2D eigenvalue weighted by atomic mass is 9.82. The van der Waals surface area contributed by atoms with E-state index in [4.69, 9.17) is 5.73 Å². The highest BCUT2D eigenvalue weighted by Gasteiger charge is 2.32. The summed E-state index contributed by atoms with van der Waals surface area (Å²) < 4.78 is 0. The SMILES string of the molecule is CC1CCC(C(=O)N2CC[C@H](N)[C@@H](C)C2)CC1. The van der Waals surface area contributed by atoms with Gasteiger partial charge in [-0.05, 0) is 43.9 Å². The summed E-state index contributed by atoms with van der Waals surface area (Å²) in [7, 11) is 0. The van der Waals surface area contributed by atoms with E-state index in [9.17, 15) is 4.79 Å². The number of piperidine rings is 1. The molecule has 0 aromatic rings. The monoisotopic (exact) mass is 238 g/mol. The molecule has 2 aliphatic rings. The number of likely N-dealkylation sites (tertiary alicyclic amines) is 1. The molecular weight excluding hydrogens is 212 g/mol. The maximum absolute atomic E-state index is 12.4. The van der Waals surface area contributed by atoms with Crippen molar-refractivity contribution < 1.29 is 4.79 Å². The van der Waals surface area contributed by atoms with Crippen LogP contribution in [0, 0.1) is 17.8 Å². The number of amides is 1. The molecule has 1 heterocycles. The molecule has 0 bridgehead atoms. The second-order valence-corrected chi connectivity index (χ2v) is 6.17. The van der Waals surface area contributed by atoms with E-state index in [0.29, 0.717) is 17.7 Å². The zero-order valence-electron chi connectivity index (χ0n) is 11.2. The first kappa shape index (κ1) is 12.9. The summed E-state index contributed by atoms with van der Waals surface area (Å²) in [6.45, 7) is 6.19. The molecule has 2 N–H and O–H groups in total. The number of nitrogens with zero attached hydrogens (tertiary/aromatic N) is 1. The molecule has 1 aliphatic heterocycles. The number of rotatable bonds is 1. The molecule has 0 radical (unpaired) electrons. The number of carbonyl (C=O) groups excluding carboxylic acids is 1. The molecule has 0 unspecified atom stereocenters. The van der Waals surface area contributed by atoms with E-state index in [1.807, 2.05) is 0 Å². The number of hydrogen-bond acceptors (Lipinski definition) is 2. The fourth-order valence-electron chi connectivity index (χ4n) is 3.13. The molecule has 1 saturated heterocycles. The van der Waals surface area contributed by atoms with Crippen LogP contribution in [0.15, 0.2) is 0 Å². The second kappa shape index (κ2) is 5.38. The molecule has 1 aliphatic carbocycles. The zero-order chi connectivity index (χ0) is 12.4. The van der Waals surface area contributed by atoms with Crippen LogP contribution in [0.1, 0.15) is 46.0 Å². The summed E-state index contributed by atoms with van der Waals surface area (Å²) in [5.74, 6) is 1.96. The summed E-state index contributed by atoms with van der Waals surface area (Å²) in [6, 6.07) is 0.283. The normalized spacial score (nSPS) is 39.1. The van der Waals surface area contributed by atoms with Gasteiger partial charge in [-0.1, -0.05) is 13.8 Å². The Hall–Kier alpha value is -0.570. The standard InChI is InChI=1S/C14H26N2O/c1-10-3-5-12(6-4-10)14(17)16-8-7-13(15)11(2)9-16/h10-13H,3-9,15H2,1-2H3/t10?,11-,12?,13-/m0/s1. The van der Waals surface area contributed by atoms with Crippen LogP contribution in [0.5, 0.6) is 0 Å². The van der Waals surface area contributed by atoms with Gasteiger partial charge in [-0.2, -0.15) is 0 Å². The van der Waals surface area contributed by atoms with Crippen LogP contribution in [0.2, 0.25) is 0 Å². The lowest BCUT2D eigenvalue weighted by Crippen LogP contribution is -2.50. The molecule has 3 nitrogen and oxygen atoms in total. The maximum atomic E-state index is 12.4. The van der Waals surface area contributed by atoms with Crippen molar-refractivity contribution in [2.75, 3.05) is 13.1 Å². The Bertz CT molecular complexity index is 271. The van der Waals surface area contributed by atoms with Gasteiger partial charge in [0.15, 0.2) is 0 Å². The summed E-state index contributed by atoms with van der Waals surface area (Å²) in [5.41, 5.74) is 6.00. The number of hydrogen-bond donors (Lipinski definition) is 1. The minimum absolute atomic E-state index is 0.283. The first-order valence-electron chi connectivity index (χ1n) is 7.12. The van der Waals surface area contributed by atoms with Gasteiger partial charge in [0, 0.05) is 25.0 Å². The molecule has 0 spiro atoms. The van der Waals surface area contributed by atoms with Gasteiger partial charge in [0.2, 0.25) is 5.91 Å². The van der Waals surface area contributed by atoms with Crippen LogP contribution in [0.4, 0.5) is 0 Å². The van der Waals surface area contributed by atoms with Gasteiger partial charge < -0.3 is 10.6 Å². The summed E-state index contributed by atoms with van der Waals surface area (Å²) in [6.07, 6.45) is 5.60. The van der Waals surface area contributed by atoms with Crippen LogP contribution in [0.25, 0.3) is 0 Å². The van der Waals surface area contributed by atoms with E-state index in [0.717, 1.165) is 38.3 Å². The maximum Gasteiger partial charge on any atom is 0.225 e. The average Bonchev–Trinajstić information content (AvgIpc) is 2.33. The van der Waals surface area contributed by atoms with Gasteiger partial charge in [0.05, 0.1) is 0 Å². The van der Waals surface area contributed by atoms with E-state index >= 15 is 0 Å². The third-order valence-corrected chi connectivity index (χ3v) is 4.65. The van der Waals surface area contributed by atoms with E-state index in [1.165, 1.54) is 12.8 Å². The lowest BCUT2D eigenvalue weighted by Gasteiger charge is -2.38. The van der Waals surface area contributed by atoms with Crippen LogP contribution in [-0.4, -0.2) is 29.9 Å². The number of nitrogens with two attached hydrogens (primary N) is 1. The van der Waals surface area contributed by atoms with Crippen molar-refractivity contribution in [1.82, 2.24) is 4.90 Å². The van der Waals surface area contributed by atoms with Crippen LogP contribution >= 0.6 is 0 Å². The lowest BCUT2D eigenvalue weighted by molar-refractivity contribution is -0.138. The molecule has 2 rings (SSSR count). The van der Waals surface area contributed by atoms with Crippen molar-refractivity contribution in [3.63, 3.8) is 0 Å². The Morgan fingerprint density at radius 2 is 1.76 bits per heavy atom. The van der Waals surface area contributed by atoms with Crippen molar-refractivity contribution in [3.05, 3.63) is 0 Å². The van der Waals surface area contributed by atoms with Crippen molar-refractivity contribution in [2.24, 2.45) is 23.5 Å². The summed E-state index contributed by atoms with van der Waals surface area (Å²) in [4.78, 5) is 14.5. The Kier molecular flexibility index (Phi) is 4.08. The fourth-order valence-corrected chi connectivity index (χ4v) is 3.13.